The molecule has 0 aliphatic rings. The highest BCUT2D eigenvalue weighted by Crippen LogP contribution is 2.26. The zero-order valence-electron chi connectivity index (χ0n) is 10.2. The van der Waals surface area contributed by atoms with E-state index in [0.29, 0.717) is 22.2 Å². The third-order valence-corrected chi connectivity index (χ3v) is 3.36. The van der Waals surface area contributed by atoms with Crippen molar-refractivity contribution in [1.82, 2.24) is 9.97 Å². The highest BCUT2D eigenvalue weighted by molar-refractivity contribution is 7.98. The van der Waals surface area contributed by atoms with Crippen molar-refractivity contribution < 1.29 is 4.74 Å². The second-order valence-corrected chi connectivity index (χ2v) is 4.63. The average molecular weight is 273 g/mol. The summed E-state index contributed by atoms with van der Waals surface area (Å²) in [7, 11) is 1.58. The van der Waals surface area contributed by atoms with Crippen LogP contribution in [0.4, 0.5) is 0 Å². The van der Waals surface area contributed by atoms with Gasteiger partial charge in [-0.15, -0.1) is 0 Å². The van der Waals surface area contributed by atoms with E-state index in [1.807, 2.05) is 0 Å². The van der Waals surface area contributed by atoms with E-state index in [1.165, 1.54) is 24.0 Å². The molecule has 1 aromatic heterocycles. The van der Waals surface area contributed by atoms with E-state index < -0.39 is 0 Å². The second-order valence-electron chi connectivity index (χ2n) is 3.67. The van der Waals surface area contributed by atoms with Crippen LogP contribution in [-0.4, -0.2) is 17.1 Å². The largest absolute Gasteiger partial charge is 0.496 e. The number of nitrogens with zero attached hydrogens (tertiary/aromatic N) is 2. The quantitative estimate of drug-likeness (QED) is 0.680. The number of benzene rings is 1. The van der Waals surface area contributed by atoms with Gasteiger partial charge < -0.3 is 9.72 Å². The lowest BCUT2D eigenvalue weighted by Crippen LogP contribution is -2.05. The fourth-order valence-electron chi connectivity index (χ4n) is 1.53. The third kappa shape index (κ3) is 3.36. The smallest absolute Gasteiger partial charge is 0.251 e. The first-order valence-corrected chi connectivity index (χ1v) is 6.46. The van der Waals surface area contributed by atoms with Crippen LogP contribution < -0.4 is 10.3 Å². The minimum Gasteiger partial charge on any atom is -0.496 e. The zero-order chi connectivity index (χ0) is 13.7. The number of hydrogen-bond acceptors (Lipinski definition) is 5. The average Bonchev–Trinajstić information content (AvgIpc) is 2.45. The van der Waals surface area contributed by atoms with E-state index in [4.69, 9.17) is 10.00 Å². The Hall–Kier alpha value is -2.26. The highest BCUT2D eigenvalue weighted by Gasteiger charge is 2.06. The van der Waals surface area contributed by atoms with Crippen LogP contribution >= 0.6 is 11.8 Å². The molecule has 96 valence electrons. The molecule has 2 rings (SSSR count). The Bertz CT molecular complexity index is 676. The number of thioether (sulfide) groups is 1. The first kappa shape index (κ1) is 13.2. The maximum atomic E-state index is 11.1. The molecule has 0 aliphatic carbocycles. The molecule has 5 nitrogen and oxygen atoms in total. The number of nitrogens with one attached hydrogen (secondary N) is 1. The van der Waals surface area contributed by atoms with Crippen LogP contribution in [0.3, 0.4) is 0 Å². The lowest BCUT2D eigenvalue weighted by atomic mass is 10.1. The molecule has 0 bridgehead atoms. The van der Waals surface area contributed by atoms with Gasteiger partial charge in [-0.1, -0.05) is 11.8 Å². The molecular weight excluding hydrogens is 262 g/mol. The fraction of sp³-hybridized carbons (Fsp3) is 0.154. The summed E-state index contributed by atoms with van der Waals surface area (Å²) in [5.74, 6) is 1.27. The molecule has 0 amide bonds. The zero-order valence-corrected chi connectivity index (χ0v) is 11.0. The molecule has 0 spiro atoms. The Morgan fingerprint density at radius 1 is 1.47 bits per heavy atom. The van der Waals surface area contributed by atoms with Crippen molar-refractivity contribution in [2.75, 3.05) is 7.11 Å². The molecule has 1 aromatic carbocycles. The molecule has 0 saturated carbocycles. The third-order valence-electron chi connectivity index (χ3n) is 2.42. The molecule has 19 heavy (non-hydrogen) atoms. The molecule has 6 heteroatoms. The van der Waals surface area contributed by atoms with Crippen molar-refractivity contribution in [2.45, 2.75) is 10.9 Å². The van der Waals surface area contributed by atoms with Gasteiger partial charge in [-0.3, -0.25) is 4.79 Å². The SMILES string of the molecule is COc1ccc(C#N)cc1CSc1nccc(=O)[nH]1. The molecule has 0 radical (unpaired) electrons. The van der Waals surface area contributed by atoms with Gasteiger partial charge in [0.25, 0.3) is 5.56 Å². The first-order valence-electron chi connectivity index (χ1n) is 5.48. The van der Waals surface area contributed by atoms with Gasteiger partial charge in [0.2, 0.25) is 0 Å². The summed E-state index contributed by atoms with van der Waals surface area (Å²) < 4.78 is 5.24. The summed E-state index contributed by atoms with van der Waals surface area (Å²) in [5.41, 5.74) is 1.28. The summed E-state index contributed by atoms with van der Waals surface area (Å²) >= 11 is 1.38. The van der Waals surface area contributed by atoms with Crippen molar-refractivity contribution in [3.63, 3.8) is 0 Å². The Kier molecular flexibility index (Phi) is 4.21. The van der Waals surface area contributed by atoms with Crippen molar-refractivity contribution in [3.05, 3.63) is 51.9 Å². The van der Waals surface area contributed by atoms with Gasteiger partial charge in [-0.25, -0.2) is 4.98 Å². The molecule has 0 fully saturated rings. The Labute approximate surface area is 114 Å². The van der Waals surface area contributed by atoms with Crippen molar-refractivity contribution in [1.29, 1.82) is 5.26 Å². The number of aromatic nitrogens is 2. The molecule has 0 saturated heterocycles. The van der Waals surface area contributed by atoms with Gasteiger partial charge in [0.15, 0.2) is 5.16 Å². The predicted molar refractivity (Wildman–Crippen MR) is 72.1 cm³/mol. The standard InChI is InChI=1S/C13H11N3O2S/c1-18-11-3-2-9(7-14)6-10(11)8-19-13-15-5-4-12(17)16-13/h2-6H,8H2,1H3,(H,15,16,17). The molecule has 0 aliphatic heterocycles. The number of hydrogen-bond donors (Lipinski definition) is 1. The Morgan fingerprint density at radius 3 is 3.00 bits per heavy atom. The topological polar surface area (TPSA) is 78.8 Å². The number of rotatable bonds is 4. The van der Waals surface area contributed by atoms with Crippen LogP contribution in [-0.2, 0) is 5.75 Å². The van der Waals surface area contributed by atoms with Crippen LogP contribution in [0, 0.1) is 11.3 Å². The molecule has 1 N–H and O–H groups in total. The number of ether oxygens (including phenoxy) is 1. The van der Waals surface area contributed by atoms with Crippen molar-refractivity contribution in [2.24, 2.45) is 0 Å². The van der Waals surface area contributed by atoms with Gasteiger partial charge in [-0.2, -0.15) is 5.26 Å². The minimum absolute atomic E-state index is 0.185. The van der Waals surface area contributed by atoms with Crippen molar-refractivity contribution in [3.8, 4) is 11.8 Å². The van der Waals surface area contributed by atoms with E-state index in [0.717, 1.165) is 5.56 Å². The van der Waals surface area contributed by atoms with Gasteiger partial charge in [-0.05, 0) is 18.2 Å². The Morgan fingerprint density at radius 2 is 2.32 bits per heavy atom. The molecule has 0 atom stereocenters. The van der Waals surface area contributed by atoms with Crippen LogP contribution in [0.2, 0.25) is 0 Å². The predicted octanol–water partition coefficient (Wildman–Crippen LogP) is 1.94. The summed E-state index contributed by atoms with van der Waals surface area (Å²) in [6.45, 7) is 0. The van der Waals surface area contributed by atoms with Gasteiger partial charge >= 0.3 is 0 Å². The van der Waals surface area contributed by atoms with E-state index in [1.54, 1.807) is 25.3 Å². The summed E-state index contributed by atoms with van der Waals surface area (Å²) in [5, 5.41) is 9.43. The molecular formula is C13H11N3O2S. The maximum Gasteiger partial charge on any atom is 0.251 e. The summed E-state index contributed by atoms with van der Waals surface area (Å²) in [6.07, 6.45) is 1.46. The number of aromatic amines is 1. The van der Waals surface area contributed by atoms with Gasteiger partial charge in [0.1, 0.15) is 5.75 Å². The lowest BCUT2D eigenvalue weighted by Gasteiger charge is -2.08. The number of nitriles is 1. The minimum atomic E-state index is -0.185. The monoisotopic (exact) mass is 273 g/mol. The van der Waals surface area contributed by atoms with E-state index in [9.17, 15) is 4.79 Å². The van der Waals surface area contributed by atoms with Crippen LogP contribution in [0.5, 0.6) is 5.75 Å². The normalized spacial score (nSPS) is 9.89. The lowest BCUT2D eigenvalue weighted by molar-refractivity contribution is 0.411. The van der Waals surface area contributed by atoms with Crippen molar-refractivity contribution >= 4 is 11.8 Å². The molecule has 2 aromatic rings. The second kappa shape index (κ2) is 6.07. The summed E-state index contributed by atoms with van der Waals surface area (Å²) in [6, 6.07) is 8.68. The van der Waals surface area contributed by atoms with Crippen LogP contribution in [0.25, 0.3) is 0 Å². The molecule has 1 heterocycles. The summed E-state index contributed by atoms with van der Waals surface area (Å²) in [4.78, 5) is 17.8. The number of methoxy groups -OCH3 is 1. The fourth-order valence-corrected chi connectivity index (χ4v) is 2.36. The van der Waals surface area contributed by atoms with Gasteiger partial charge in [0, 0.05) is 23.6 Å². The van der Waals surface area contributed by atoms with E-state index >= 15 is 0 Å². The Balaban J connectivity index is 2.19. The molecule has 0 unspecified atom stereocenters. The van der Waals surface area contributed by atoms with Crippen LogP contribution in [0.15, 0.2) is 40.4 Å². The highest BCUT2D eigenvalue weighted by atomic mass is 32.2. The number of H-pyrrole nitrogens is 1. The first-order chi connectivity index (χ1) is 9.22. The maximum absolute atomic E-state index is 11.1. The van der Waals surface area contributed by atoms with Gasteiger partial charge in [0.05, 0.1) is 18.7 Å². The van der Waals surface area contributed by atoms with E-state index in [-0.39, 0.29) is 5.56 Å². The van der Waals surface area contributed by atoms with Crippen LogP contribution in [0.1, 0.15) is 11.1 Å². The van der Waals surface area contributed by atoms with E-state index in [2.05, 4.69) is 16.0 Å².